The summed E-state index contributed by atoms with van der Waals surface area (Å²) < 4.78 is 5.84. The third-order valence-corrected chi connectivity index (χ3v) is 4.41. The molecule has 3 heterocycles. The first-order valence-electron chi connectivity index (χ1n) is 8.14. The number of rotatable bonds is 7. The maximum absolute atomic E-state index is 9.31. The van der Waals surface area contributed by atoms with Gasteiger partial charge >= 0.3 is 0 Å². The van der Waals surface area contributed by atoms with Gasteiger partial charge in [-0.2, -0.15) is 4.98 Å². The van der Waals surface area contributed by atoms with E-state index >= 15 is 0 Å². The van der Waals surface area contributed by atoms with Crippen molar-refractivity contribution in [2.45, 2.75) is 19.8 Å². The van der Waals surface area contributed by atoms with Crippen molar-refractivity contribution in [3.63, 3.8) is 0 Å². The molecule has 0 aliphatic rings. The molecule has 3 rings (SSSR count). The molecule has 0 aliphatic heterocycles. The number of nitrogens with zero attached hydrogens (tertiary/aromatic N) is 3. The van der Waals surface area contributed by atoms with Gasteiger partial charge in [-0.1, -0.05) is 24.9 Å². The average molecular weight is 362 g/mol. The van der Waals surface area contributed by atoms with E-state index in [2.05, 4.69) is 20.3 Å². The average Bonchev–Trinajstić information content (AvgIpc) is 3.01. The fraction of sp³-hybridized carbons (Fsp3) is 0.353. The Labute approximate surface area is 150 Å². The third kappa shape index (κ3) is 3.83. The maximum Gasteiger partial charge on any atom is 0.223 e. The smallest absolute Gasteiger partial charge is 0.223 e. The van der Waals surface area contributed by atoms with Crippen LogP contribution in [0.5, 0.6) is 0 Å². The van der Waals surface area contributed by atoms with Crippen LogP contribution in [0.3, 0.4) is 0 Å². The fourth-order valence-electron chi connectivity index (χ4n) is 2.62. The molecule has 132 valence electrons. The summed E-state index contributed by atoms with van der Waals surface area (Å²) in [7, 11) is 0. The van der Waals surface area contributed by atoms with Gasteiger partial charge < -0.3 is 20.6 Å². The molecule has 0 spiro atoms. The number of aromatic nitrogens is 3. The van der Waals surface area contributed by atoms with Crippen molar-refractivity contribution in [1.29, 1.82) is 0 Å². The number of fused-ring (bicyclic) bond motifs is 1. The number of nitrogens with one attached hydrogen (secondary N) is 1. The van der Waals surface area contributed by atoms with E-state index < -0.39 is 0 Å². The van der Waals surface area contributed by atoms with Crippen molar-refractivity contribution >= 4 is 34.3 Å². The van der Waals surface area contributed by atoms with Crippen LogP contribution in [0.2, 0.25) is 5.15 Å². The van der Waals surface area contributed by atoms with Crippen LogP contribution in [0, 0.1) is 5.92 Å². The SMILES string of the molecule is CCC(CO)CCNc1nc(N)nc(Cl)c1-c1cc2ccncc2o1. The van der Waals surface area contributed by atoms with Gasteiger partial charge in [0, 0.05) is 24.7 Å². The predicted molar refractivity (Wildman–Crippen MR) is 98.4 cm³/mol. The number of hydrogen-bond donors (Lipinski definition) is 3. The standard InChI is InChI=1S/C17H20ClN5O2/c1-2-10(9-24)3-6-21-16-14(15(18)22-17(19)23-16)12-7-11-4-5-20-8-13(11)25-12/h4-5,7-8,10,24H,2-3,6,9H2,1H3,(H3,19,21,22,23). The normalized spacial score (nSPS) is 12.4. The lowest BCUT2D eigenvalue weighted by Gasteiger charge is -2.14. The summed E-state index contributed by atoms with van der Waals surface area (Å²) in [6.07, 6.45) is 5.05. The summed E-state index contributed by atoms with van der Waals surface area (Å²) >= 11 is 6.31. The van der Waals surface area contributed by atoms with Gasteiger partial charge in [-0.25, -0.2) is 4.98 Å². The van der Waals surface area contributed by atoms with E-state index in [1.807, 2.05) is 19.1 Å². The Hall–Kier alpha value is -2.38. The summed E-state index contributed by atoms with van der Waals surface area (Å²) in [6, 6.07) is 3.72. The molecule has 1 atom stereocenters. The number of aliphatic hydroxyl groups is 1. The van der Waals surface area contributed by atoms with Crippen molar-refractivity contribution in [2.24, 2.45) is 5.92 Å². The Balaban J connectivity index is 1.92. The van der Waals surface area contributed by atoms with Crippen molar-refractivity contribution in [2.75, 3.05) is 24.2 Å². The second-order valence-corrected chi connectivity index (χ2v) is 6.15. The molecule has 0 aromatic carbocycles. The van der Waals surface area contributed by atoms with E-state index in [1.54, 1.807) is 12.4 Å². The number of hydrogen-bond acceptors (Lipinski definition) is 7. The molecule has 0 saturated heterocycles. The monoisotopic (exact) mass is 361 g/mol. The van der Waals surface area contributed by atoms with Gasteiger partial charge in [0.25, 0.3) is 0 Å². The highest BCUT2D eigenvalue weighted by Crippen LogP contribution is 2.36. The van der Waals surface area contributed by atoms with Crippen molar-refractivity contribution in [3.8, 4) is 11.3 Å². The van der Waals surface area contributed by atoms with Crippen LogP contribution >= 0.6 is 11.6 Å². The quantitative estimate of drug-likeness (QED) is 0.553. The largest absolute Gasteiger partial charge is 0.454 e. The third-order valence-electron chi connectivity index (χ3n) is 4.13. The molecule has 3 aromatic heterocycles. The minimum absolute atomic E-state index is 0.0863. The molecule has 0 amide bonds. The minimum Gasteiger partial charge on any atom is -0.454 e. The van der Waals surface area contributed by atoms with Gasteiger partial charge in [0.15, 0.2) is 5.58 Å². The molecule has 0 aliphatic carbocycles. The molecular formula is C17H20ClN5O2. The van der Waals surface area contributed by atoms with Crippen LogP contribution in [0.1, 0.15) is 19.8 Å². The van der Waals surface area contributed by atoms with Crippen LogP contribution in [-0.4, -0.2) is 33.2 Å². The van der Waals surface area contributed by atoms with Gasteiger partial charge in [-0.15, -0.1) is 0 Å². The molecule has 3 aromatic rings. The Kier molecular flexibility index (Phi) is 5.35. The molecule has 0 radical (unpaired) electrons. The molecule has 4 N–H and O–H groups in total. The summed E-state index contributed by atoms with van der Waals surface area (Å²) in [5, 5.41) is 13.7. The van der Waals surface area contributed by atoms with E-state index in [-0.39, 0.29) is 23.6 Å². The van der Waals surface area contributed by atoms with E-state index in [9.17, 15) is 5.11 Å². The van der Waals surface area contributed by atoms with Gasteiger partial charge in [-0.05, 0) is 24.5 Å². The number of aliphatic hydroxyl groups excluding tert-OH is 1. The Bertz CT molecular complexity index is 830. The molecule has 0 bridgehead atoms. The predicted octanol–water partition coefficient (Wildman–Crippen LogP) is 3.34. The number of nitrogens with two attached hydrogens (primary N) is 1. The zero-order valence-electron chi connectivity index (χ0n) is 13.9. The first-order valence-corrected chi connectivity index (χ1v) is 8.51. The molecule has 0 saturated carbocycles. The van der Waals surface area contributed by atoms with Gasteiger partial charge in [0.1, 0.15) is 16.7 Å². The van der Waals surface area contributed by atoms with E-state index in [0.717, 1.165) is 18.2 Å². The van der Waals surface area contributed by atoms with Crippen LogP contribution in [0.15, 0.2) is 28.9 Å². The Morgan fingerprint density at radius 1 is 1.40 bits per heavy atom. The molecular weight excluding hydrogens is 342 g/mol. The fourth-order valence-corrected chi connectivity index (χ4v) is 2.89. The number of nitrogen functional groups attached to an aromatic ring is 1. The lowest BCUT2D eigenvalue weighted by molar-refractivity contribution is 0.217. The number of furan rings is 1. The van der Waals surface area contributed by atoms with Crippen LogP contribution in [-0.2, 0) is 0 Å². The maximum atomic E-state index is 9.31. The summed E-state index contributed by atoms with van der Waals surface area (Å²) in [5.74, 6) is 1.38. The second kappa shape index (κ2) is 7.67. The summed E-state index contributed by atoms with van der Waals surface area (Å²) in [5.41, 5.74) is 6.95. The molecule has 7 nitrogen and oxygen atoms in total. The van der Waals surface area contributed by atoms with Crippen molar-refractivity contribution < 1.29 is 9.52 Å². The van der Waals surface area contributed by atoms with Gasteiger partial charge in [-0.3, -0.25) is 4.98 Å². The van der Waals surface area contributed by atoms with Gasteiger partial charge in [0.2, 0.25) is 5.95 Å². The highest BCUT2D eigenvalue weighted by Gasteiger charge is 2.18. The zero-order chi connectivity index (χ0) is 17.8. The second-order valence-electron chi connectivity index (χ2n) is 5.79. The summed E-state index contributed by atoms with van der Waals surface area (Å²) in [4.78, 5) is 12.3. The molecule has 1 unspecified atom stereocenters. The molecule has 0 fully saturated rings. The highest BCUT2D eigenvalue weighted by molar-refractivity contribution is 6.32. The topological polar surface area (TPSA) is 110 Å². The lowest BCUT2D eigenvalue weighted by atomic mass is 10.0. The van der Waals surface area contributed by atoms with Crippen LogP contribution < -0.4 is 11.1 Å². The minimum atomic E-state index is 0.0863. The van der Waals surface area contributed by atoms with E-state index in [4.69, 9.17) is 21.8 Å². The zero-order valence-corrected chi connectivity index (χ0v) is 14.6. The summed E-state index contributed by atoms with van der Waals surface area (Å²) in [6.45, 7) is 2.84. The van der Waals surface area contributed by atoms with E-state index in [0.29, 0.717) is 29.3 Å². The molecule has 25 heavy (non-hydrogen) atoms. The first-order chi connectivity index (χ1) is 12.1. The van der Waals surface area contributed by atoms with Crippen molar-refractivity contribution in [1.82, 2.24) is 15.0 Å². The van der Waals surface area contributed by atoms with Crippen LogP contribution in [0.4, 0.5) is 11.8 Å². The van der Waals surface area contributed by atoms with Gasteiger partial charge in [0.05, 0.1) is 11.8 Å². The Morgan fingerprint density at radius 3 is 2.96 bits per heavy atom. The van der Waals surface area contributed by atoms with Crippen molar-refractivity contribution in [3.05, 3.63) is 29.7 Å². The number of pyridine rings is 1. The Morgan fingerprint density at radius 2 is 2.24 bits per heavy atom. The van der Waals surface area contributed by atoms with E-state index in [1.165, 1.54) is 0 Å². The number of anilines is 2. The molecule has 8 heteroatoms. The highest BCUT2D eigenvalue weighted by atomic mass is 35.5. The van der Waals surface area contributed by atoms with Crippen LogP contribution in [0.25, 0.3) is 22.3 Å². The first kappa shape index (κ1) is 17.4. The number of halogens is 1. The lowest BCUT2D eigenvalue weighted by Crippen LogP contribution is -2.13.